The van der Waals surface area contributed by atoms with Crippen LogP contribution in [0.1, 0.15) is 57.3 Å². The summed E-state index contributed by atoms with van der Waals surface area (Å²) in [4.78, 5) is 28.6. The Morgan fingerprint density at radius 3 is 2.34 bits per heavy atom. The number of piperazine rings is 1. The van der Waals surface area contributed by atoms with E-state index in [1.54, 1.807) is 38.1 Å². The molecule has 3 heterocycles. The molecule has 1 saturated carbocycles. The molecule has 0 spiro atoms. The molecule has 1 atom stereocenters. The summed E-state index contributed by atoms with van der Waals surface area (Å²) < 4.78 is 45.9. The average molecular weight is 470 g/mol. The van der Waals surface area contributed by atoms with Gasteiger partial charge in [0.15, 0.2) is 0 Å². The molecule has 0 unspecified atom stereocenters. The van der Waals surface area contributed by atoms with Crippen LogP contribution in [-0.2, 0) is 10.9 Å². The maximum atomic E-state index is 13.5. The zero-order valence-corrected chi connectivity index (χ0v) is 19.3. The second-order valence-corrected chi connectivity index (χ2v) is 10.2. The van der Waals surface area contributed by atoms with Crippen LogP contribution < -0.4 is 4.90 Å². The summed E-state index contributed by atoms with van der Waals surface area (Å²) in [6, 6.07) is -0.239. The van der Waals surface area contributed by atoms with E-state index >= 15 is 0 Å². The second kappa shape index (κ2) is 8.17. The predicted octanol–water partition coefficient (Wildman–Crippen LogP) is 4.94. The lowest BCUT2D eigenvalue weighted by atomic mass is 10.1. The van der Waals surface area contributed by atoms with Gasteiger partial charge in [0.05, 0.1) is 0 Å². The van der Waals surface area contributed by atoms with Crippen molar-refractivity contribution >= 4 is 22.4 Å². The molecule has 1 amide bonds. The number of alkyl halides is 3. The minimum absolute atomic E-state index is 0.225. The highest BCUT2D eigenvalue weighted by atomic mass is 32.1. The summed E-state index contributed by atoms with van der Waals surface area (Å²) in [5.41, 5.74) is 0.0634. The lowest BCUT2D eigenvalue weighted by Crippen LogP contribution is -2.55. The molecule has 1 saturated heterocycles. The molecule has 1 aliphatic carbocycles. The van der Waals surface area contributed by atoms with E-state index in [4.69, 9.17) is 4.74 Å². The number of carbonyl (C=O) groups is 1. The molecule has 4 rings (SSSR count). The van der Waals surface area contributed by atoms with Gasteiger partial charge in [-0.1, -0.05) is 11.3 Å². The molecule has 0 N–H and O–H groups in total. The van der Waals surface area contributed by atoms with Gasteiger partial charge in [-0.25, -0.2) is 19.7 Å². The van der Waals surface area contributed by atoms with Gasteiger partial charge in [0.1, 0.15) is 22.1 Å². The van der Waals surface area contributed by atoms with Gasteiger partial charge in [0.25, 0.3) is 0 Å². The SMILES string of the molecule is C[C@@H]1CN(c2sc(C(F)(F)F)nc2-c2cnc(C3CC3)nc2)CCN1C(=O)OC(C)(C)C. The van der Waals surface area contributed by atoms with Gasteiger partial charge in [-0.2, -0.15) is 13.2 Å². The van der Waals surface area contributed by atoms with E-state index in [0.29, 0.717) is 47.5 Å². The van der Waals surface area contributed by atoms with Crippen molar-refractivity contribution in [1.82, 2.24) is 19.9 Å². The van der Waals surface area contributed by atoms with Gasteiger partial charge in [-0.05, 0) is 40.5 Å². The Labute approximate surface area is 188 Å². The first-order valence-electron chi connectivity index (χ1n) is 10.6. The van der Waals surface area contributed by atoms with Crippen molar-refractivity contribution < 1.29 is 22.7 Å². The van der Waals surface area contributed by atoms with Crippen molar-refractivity contribution in [2.24, 2.45) is 0 Å². The molecule has 174 valence electrons. The lowest BCUT2D eigenvalue weighted by molar-refractivity contribution is -0.137. The first-order valence-corrected chi connectivity index (χ1v) is 11.4. The molecule has 2 aromatic heterocycles. The smallest absolute Gasteiger partial charge is 0.443 e. The number of rotatable bonds is 3. The van der Waals surface area contributed by atoms with E-state index in [0.717, 1.165) is 18.7 Å². The largest absolute Gasteiger partial charge is 0.444 e. The van der Waals surface area contributed by atoms with Crippen LogP contribution in [0.4, 0.5) is 23.0 Å². The number of ether oxygens (including phenoxy) is 1. The summed E-state index contributed by atoms with van der Waals surface area (Å²) >= 11 is 0.612. The second-order valence-electron chi connectivity index (χ2n) is 9.24. The Kier molecular flexibility index (Phi) is 5.81. The van der Waals surface area contributed by atoms with Gasteiger partial charge in [-0.15, -0.1) is 0 Å². The Balaban J connectivity index is 1.59. The summed E-state index contributed by atoms with van der Waals surface area (Å²) in [5.74, 6) is 1.08. The first kappa shape index (κ1) is 22.8. The molecule has 2 aliphatic rings. The van der Waals surface area contributed by atoms with E-state index < -0.39 is 22.9 Å². The number of anilines is 1. The Morgan fingerprint density at radius 2 is 1.81 bits per heavy atom. The van der Waals surface area contributed by atoms with Crippen LogP contribution in [0.5, 0.6) is 0 Å². The Morgan fingerprint density at radius 1 is 1.16 bits per heavy atom. The van der Waals surface area contributed by atoms with E-state index in [1.165, 1.54) is 0 Å². The van der Waals surface area contributed by atoms with Crippen molar-refractivity contribution in [2.75, 3.05) is 24.5 Å². The van der Waals surface area contributed by atoms with Crippen molar-refractivity contribution in [3.05, 3.63) is 23.2 Å². The fraction of sp³-hybridized carbons (Fsp3) is 0.619. The zero-order chi connectivity index (χ0) is 23.3. The minimum Gasteiger partial charge on any atom is -0.444 e. The third-order valence-electron chi connectivity index (χ3n) is 5.28. The van der Waals surface area contributed by atoms with Crippen molar-refractivity contribution in [3.63, 3.8) is 0 Å². The Hall–Kier alpha value is -2.43. The highest BCUT2D eigenvalue weighted by molar-refractivity contribution is 7.16. The van der Waals surface area contributed by atoms with Crippen LogP contribution in [0, 0.1) is 0 Å². The number of thiazole rings is 1. The minimum atomic E-state index is -4.55. The highest BCUT2D eigenvalue weighted by Gasteiger charge is 2.39. The number of nitrogens with zero attached hydrogens (tertiary/aromatic N) is 5. The monoisotopic (exact) mass is 469 g/mol. The number of halogens is 3. The number of amides is 1. The molecule has 0 bridgehead atoms. The zero-order valence-electron chi connectivity index (χ0n) is 18.4. The molecule has 0 aromatic carbocycles. The highest BCUT2D eigenvalue weighted by Crippen LogP contribution is 2.43. The van der Waals surface area contributed by atoms with Crippen molar-refractivity contribution in [1.29, 1.82) is 0 Å². The molecule has 11 heteroatoms. The normalized spacial score (nSPS) is 19.9. The molecule has 2 aromatic rings. The third-order valence-corrected chi connectivity index (χ3v) is 6.44. The predicted molar refractivity (Wildman–Crippen MR) is 115 cm³/mol. The molecular formula is C21H26F3N5O2S. The molecule has 32 heavy (non-hydrogen) atoms. The van der Waals surface area contributed by atoms with Gasteiger partial charge in [-0.3, -0.25) is 0 Å². The summed E-state index contributed by atoms with van der Waals surface area (Å²) in [6.07, 6.45) is 0.225. The summed E-state index contributed by atoms with van der Waals surface area (Å²) in [7, 11) is 0. The van der Waals surface area contributed by atoms with Crippen LogP contribution in [0.15, 0.2) is 12.4 Å². The quantitative estimate of drug-likeness (QED) is 0.634. The number of carbonyl (C=O) groups excluding carboxylic acids is 1. The third kappa shape index (κ3) is 4.97. The van der Waals surface area contributed by atoms with Crippen molar-refractivity contribution in [2.45, 2.75) is 64.3 Å². The number of hydrogen-bond donors (Lipinski definition) is 0. The van der Waals surface area contributed by atoms with Gasteiger partial charge < -0.3 is 14.5 Å². The maximum Gasteiger partial charge on any atom is 0.443 e. The van der Waals surface area contributed by atoms with E-state index in [9.17, 15) is 18.0 Å². The average Bonchev–Trinajstić information content (AvgIpc) is 3.43. The maximum absolute atomic E-state index is 13.5. The molecule has 7 nitrogen and oxygen atoms in total. The van der Waals surface area contributed by atoms with E-state index in [1.807, 2.05) is 11.8 Å². The van der Waals surface area contributed by atoms with E-state index in [-0.39, 0.29) is 11.7 Å². The van der Waals surface area contributed by atoms with Crippen LogP contribution in [0.3, 0.4) is 0 Å². The molecule has 0 radical (unpaired) electrons. The number of aromatic nitrogens is 3. The first-order chi connectivity index (χ1) is 14.9. The lowest BCUT2D eigenvalue weighted by Gasteiger charge is -2.40. The molecular weight excluding hydrogens is 443 g/mol. The number of hydrogen-bond acceptors (Lipinski definition) is 7. The molecule has 1 aliphatic heterocycles. The van der Waals surface area contributed by atoms with Crippen LogP contribution >= 0.6 is 11.3 Å². The fourth-order valence-corrected chi connectivity index (χ4v) is 4.57. The summed E-state index contributed by atoms with van der Waals surface area (Å²) in [6.45, 7) is 8.32. The topological polar surface area (TPSA) is 71.5 Å². The van der Waals surface area contributed by atoms with Gasteiger partial charge >= 0.3 is 12.3 Å². The fourth-order valence-electron chi connectivity index (χ4n) is 3.58. The van der Waals surface area contributed by atoms with Gasteiger partial charge in [0, 0.05) is 49.6 Å². The van der Waals surface area contributed by atoms with Crippen LogP contribution in [0.25, 0.3) is 11.3 Å². The summed E-state index contributed by atoms with van der Waals surface area (Å²) in [5, 5.41) is -0.494. The van der Waals surface area contributed by atoms with E-state index in [2.05, 4.69) is 15.0 Å². The standard InChI is InChI=1S/C21H26F3N5O2S/c1-12-11-28(7-8-29(12)19(30)31-20(2,3)4)17-15(27-18(32-17)21(22,23)24)14-9-25-16(26-10-14)13-5-6-13/h9-10,12-13H,5-8,11H2,1-4H3/t12-/m1/s1. The molecule has 2 fully saturated rings. The van der Waals surface area contributed by atoms with Gasteiger partial charge in [0.2, 0.25) is 5.01 Å². The van der Waals surface area contributed by atoms with Crippen LogP contribution in [-0.4, -0.2) is 57.2 Å². The van der Waals surface area contributed by atoms with Crippen molar-refractivity contribution in [3.8, 4) is 11.3 Å². The van der Waals surface area contributed by atoms with Crippen LogP contribution in [0.2, 0.25) is 0 Å². The Bertz CT molecular complexity index is 983.